The quantitative estimate of drug-likeness (QED) is 0.514. The molecule has 3 rings (SSSR count). The molecule has 23 heavy (non-hydrogen) atoms. The van der Waals surface area contributed by atoms with Crippen molar-refractivity contribution in [1.29, 1.82) is 0 Å². The third-order valence-corrected chi connectivity index (χ3v) is 4.70. The number of anilines is 1. The molecule has 0 bridgehead atoms. The zero-order valence-corrected chi connectivity index (χ0v) is 13.6. The van der Waals surface area contributed by atoms with E-state index in [1.54, 1.807) is 6.08 Å². The van der Waals surface area contributed by atoms with Crippen molar-refractivity contribution in [2.24, 2.45) is 0 Å². The first-order valence-corrected chi connectivity index (χ1v) is 8.32. The smallest absolute Gasteiger partial charge is 0.257 e. The Bertz CT molecular complexity index is 829. The second kappa shape index (κ2) is 6.42. The molecule has 1 atom stereocenters. The summed E-state index contributed by atoms with van der Waals surface area (Å²) < 4.78 is 0. The zero-order valence-electron chi connectivity index (χ0n) is 12.8. The molecule has 1 aromatic heterocycles. The maximum Gasteiger partial charge on any atom is 0.257 e. The summed E-state index contributed by atoms with van der Waals surface area (Å²) in [7, 11) is 0. The predicted octanol–water partition coefficient (Wildman–Crippen LogP) is 2.83. The first-order valence-electron chi connectivity index (χ1n) is 7.33. The maximum absolute atomic E-state index is 12.6. The van der Waals surface area contributed by atoms with Crippen LogP contribution in [0, 0.1) is 6.92 Å². The lowest BCUT2D eigenvalue weighted by Gasteiger charge is -2.25. The van der Waals surface area contributed by atoms with Gasteiger partial charge in [0, 0.05) is 18.1 Å². The molecule has 0 saturated carbocycles. The van der Waals surface area contributed by atoms with Gasteiger partial charge in [-0.1, -0.05) is 42.1 Å². The number of rotatable bonds is 4. The van der Waals surface area contributed by atoms with Gasteiger partial charge < -0.3 is 10.3 Å². The number of carbonyl (C=O) groups is 1. The van der Waals surface area contributed by atoms with Gasteiger partial charge in [-0.3, -0.25) is 9.59 Å². The Morgan fingerprint density at radius 2 is 2.17 bits per heavy atom. The topological polar surface area (TPSA) is 74.8 Å². The molecule has 1 aliphatic rings. The van der Waals surface area contributed by atoms with E-state index < -0.39 is 0 Å². The number of carbonyl (C=O) groups excluding carboxylic acids is 1. The van der Waals surface area contributed by atoms with Crippen LogP contribution < -0.4 is 10.9 Å². The Labute approximate surface area is 138 Å². The number of nitrogens with one attached hydrogen (secondary N) is 2. The van der Waals surface area contributed by atoms with E-state index >= 15 is 0 Å². The molecule has 1 unspecified atom stereocenters. The van der Waals surface area contributed by atoms with Crippen LogP contribution in [0.2, 0.25) is 0 Å². The van der Waals surface area contributed by atoms with E-state index in [2.05, 4.69) is 21.9 Å². The number of hydrogen-bond donors (Lipinski definition) is 2. The summed E-state index contributed by atoms with van der Waals surface area (Å²) in [6.45, 7) is 5.63. The summed E-state index contributed by atoms with van der Waals surface area (Å²) in [6, 6.07) is 7.81. The Kier molecular flexibility index (Phi) is 4.34. The predicted molar refractivity (Wildman–Crippen MR) is 92.0 cm³/mol. The summed E-state index contributed by atoms with van der Waals surface area (Å²) in [6.07, 6.45) is 1.99. The van der Waals surface area contributed by atoms with E-state index in [0.29, 0.717) is 22.3 Å². The monoisotopic (exact) mass is 327 g/mol. The standard InChI is InChI=1S/C17H17N3O2S/c1-3-8-23-17-19-15-14(16(22)20-17)12(9-13(21)18-15)11-7-5-4-6-10(11)2/h3-7,12H,1,8-9H2,2H3,(H2,18,19,20,21,22). The van der Waals surface area contributed by atoms with Gasteiger partial charge in [0.15, 0.2) is 5.16 Å². The highest BCUT2D eigenvalue weighted by Gasteiger charge is 2.31. The van der Waals surface area contributed by atoms with Crippen LogP contribution in [-0.4, -0.2) is 21.6 Å². The van der Waals surface area contributed by atoms with Crippen LogP contribution in [0.15, 0.2) is 46.9 Å². The molecule has 6 heteroatoms. The van der Waals surface area contributed by atoms with E-state index in [1.807, 2.05) is 31.2 Å². The second-order valence-electron chi connectivity index (χ2n) is 5.39. The fourth-order valence-corrected chi connectivity index (χ4v) is 3.40. The van der Waals surface area contributed by atoms with Crippen LogP contribution in [0.25, 0.3) is 0 Å². The van der Waals surface area contributed by atoms with Gasteiger partial charge >= 0.3 is 0 Å². The number of aromatic nitrogens is 2. The van der Waals surface area contributed by atoms with Crippen molar-refractivity contribution >= 4 is 23.5 Å². The lowest BCUT2D eigenvalue weighted by Crippen LogP contribution is -2.31. The third kappa shape index (κ3) is 3.07. The average molecular weight is 327 g/mol. The summed E-state index contributed by atoms with van der Waals surface area (Å²) in [5.74, 6) is 0.611. The zero-order chi connectivity index (χ0) is 16.4. The van der Waals surface area contributed by atoms with Crippen LogP contribution >= 0.6 is 11.8 Å². The number of amides is 1. The lowest BCUT2D eigenvalue weighted by molar-refractivity contribution is -0.116. The molecule has 118 valence electrons. The highest BCUT2D eigenvalue weighted by atomic mass is 32.2. The Morgan fingerprint density at radius 1 is 1.39 bits per heavy atom. The Hall–Kier alpha value is -2.34. The van der Waals surface area contributed by atoms with Gasteiger partial charge in [0.1, 0.15) is 5.82 Å². The molecule has 0 spiro atoms. The number of H-pyrrole nitrogens is 1. The normalized spacial score (nSPS) is 16.6. The van der Waals surface area contributed by atoms with Crippen molar-refractivity contribution in [1.82, 2.24) is 9.97 Å². The van der Waals surface area contributed by atoms with Crippen molar-refractivity contribution in [2.45, 2.75) is 24.4 Å². The van der Waals surface area contributed by atoms with Gasteiger partial charge in [-0.05, 0) is 18.1 Å². The van der Waals surface area contributed by atoms with Crippen molar-refractivity contribution in [3.8, 4) is 0 Å². The van der Waals surface area contributed by atoms with Gasteiger partial charge in [-0.2, -0.15) is 0 Å². The number of benzene rings is 1. The molecule has 0 radical (unpaired) electrons. The molecular formula is C17H17N3O2S. The van der Waals surface area contributed by atoms with Gasteiger partial charge in [0.05, 0.1) is 5.56 Å². The van der Waals surface area contributed by atoms with E-state index in [0.717, 1.165) is 11.1 Å². The largest absolute Gasteiger partial charge is 0.310 e. The van der Waals surface area contributed by atoms with Crippen LogP contribution in [0.4, 0.5) is 5.82 Å². The molecule has 1 amide bonds. The minimum absolute atomic E-state index is 0.122. The first-order chi connectivity index (χ1) is 11.1. The molecule has 2 N–H and O–H groups in total. The molecule has 5 nitrogen and oxygen atoms in total. The van der Waals surface area contributed by atoms with E-state index in [-0.39, 0.29) is 23.8 Å². The van der Waals surface area contributed by atoms with Crippen LogP contribution in [-0.2, 0) is 4.79 Å². The summed E-state index contributed by atoms with van der Waals surface area (Å²) in [4.78, 5) is 31.8. The SMILES string of the molecule is C=CCSc1nc2c(c(=O)[nH]1)C(c1ccccc1C)CC(=O)N2. The summed E-state index contributed by atoms with van der Waals surface area (Å²) in [5, 5.41) is 3.21. The van der Waals surface area contributed by atoms with E-state index in [1.165, 1.54) is 11.8 Å². The van der Waals surface area contributed by atoms with Gasteiger partial charge in [0.2, 0.25) is 5.91 Å². The van der Waals surface area contributed by atoms with Crippen LogP contribution in [0.5, 0.6) is 0 Å². The lowest BCUT2D eigenvalue weighted by atomic mass is 9.84. The van der Waals surface area contributed by atoms with Gasteiger partial charge in [0.25, 0.3) is 5.56 Å². The molecule has 0 saturated heterocycles. The molecule has 2 heterocycles. The number of hydrogen-bond acceptors (Lipinski definition) is 4. The first kappa shape index (κ1) is 15.6. The van der Waals surface area contributed by atoms with Gasteiger partial charge in [-0.25, -0.2) is 4.98 Å². The molecule has 1 aliphatic heterocycles. The summed E-state index contributed by atoms with van der Waals surface area (Å²) >= 11 is 1.37. The van der Waals surface area contributed by atoms with Crippen molar-refractivity contribution < 1.29 is 4.79 Å². The third-order valence-electron chi connectivity index (χ3n) is 3.83. The van der Waals surface area contributed by atoms with Crippen molar-refractivity contribution in [2.75, 3.05) is 11.1 Å². The maximum atomic E-state index is 12.6. The second-order valence-corrected chi connectivity index (χ2v) is 6.40. The highest BCUT2D eigenvalue weighted by Crippen LogP contribution is 2.35. The Balaban J connectivity index is 2.11. The fraction of sp³-hybridized carbons (Fsp3) is 0.235. The molecule has 1 aromatic carbocycles. The number of thioether (sulfide) groups is 1. The van der Waals surface area contributed by atoms with E-state index in [4.69, 9.17) is 0 Å². The Morgan fingerprint density at radius 3 is 2.91 bits per heavy atom. The number of fused-ring (bicyclic) bond motifs is 1. The minimum atomic E-state index is -0.269. The summed E-state index contributed by atoms with van der Waals surface area (Å²) in [5.41, 5.74) is 2.38. The molecule has 0 aliphatic carbocycles. The van der Waals surface area contributed by atoms with Crippen LogP contribution in [0.1, 0.15) is 29.0 Å². The average Bonchev–Trinajstić information content (AvgIpc) is 2.52. The highest BCUT2D eigenvalue weighted by molar-refractivity contribution is 7.99. The van der Waals surface area contributed by atoms with Crippen molar-refractivity contribution in [3.63, 3.8) is 0 Å². The number of aromatic amines is 1. The molecule has 2 aromatic rings. The van der Waals surface area contributed by atoms with Crippen molar-refractivity contribution in [3.05, 3.63) is 64.0 Å². The minimum Gasteiger partial charge on any atom is -0.310 e. The molecular weight excluding hydrogens is 310 g/mol. The number of nitrogens with zero attached hydrogens (tertiary/aromatic N) is 1. The number of aryl methyl sites for hydroxylation is 1. The van der Waals surface area contributed by atoms with Crippen LogP contribution in [0.3, 0.4) is 0 Å². The van der Waals surface area contributed by atoms with E-state index in [9.17, 15) is 9.59 Å². The van der Waals surface area contributed by atoms with Gasteiger partial charge in [-0.15, -0.1) is 6.58 Å². The molecule has 0 fully saturated rings. The fourth-order valence-electron chi connectivity index (χ4n) is 2.80.